The van der Waals surface area contributed by atoms with Gasteiger partial charge in [-0.15, -0.1) is 0 Å². The minimum Gasteiger partial charge on any atom is -0.465 e. The predicted molar refractivity (Wildman–Crippen MR) is 138 cm³/mol. The Balaban J connectivity index is 1.20. The lowest BCUT2D eigenvalue weighted by Gasteiger charge is -2.56. The Morgan fingerprint density at radius 3 is 2.14 bits per heavy atom. The van der Waals surface area contributed by atoms with Gasteiger partial charge in [0.05, 0.1) is 49.7 Å². The lowest BCUT2D eigenvalue weighted by molar-refractivity contribution is -0.369. The Morgan fingerprint density at radius 2 is 1.45 bits per heavy atom. The van der Waals surface area contributed by atoms with E-state index in [9.17, 15) is 20.1 Å². The van der Waals surface area contributed by atoms with Crippen LogP contribution < -0.4 is 0 Å². The van der Waals surface area contributed by atoms with Crippen molar-refractivity contribution in [2.45, 2.75) is 106 Å². The summed E-state index contributed by atoms with van der Waals surface area (Å²) in [6.07, 6.45) is -5.32. The van der Waals surface area contributed by atoms with Crippen LogP contribution in [0.2, 0.25) is 0 Å². The fourth-order valence-electron chi connectivity index (χ4n) is 9.26. The highest BCUT2D eigenvalue weighted by Crippen LogP contribution is 2.58. The van der Waals surface area contributed by atoms with Crippen molar-refractivity contribution in [1.82, 2.24) is 0 Å². The molecule has 0 bridgehead atoms. The van der Waals surface area contributed by atoms with Crippen molar-refractivity contribution in [2.24, 2.45) is 35.5 Å². The molecule has 0 spiro atoms. The fraction of sp³-hybridized carbons (Fsp3) is 0.966. The molecule has 3 saturated carbocycles. The van der Waals surface area contributed by atoms with Crippen molar-refractivity contribution in [1.29, 1.82) is 0 Å². The molecule has 7 rings (SSSR count). The van der Waals surface area contributed by atoms with Crippen LogP contribution in [0.1, 0.15) is 32.6 Å². The van der Waals surface area contributed by atoms with E-state index in [2.05, 4.69) is 0 Å². The van der Waals surface area contributed by atoms with Gasteiger partial charge < -0.3 is 58.0 Å². The normalized spacial score (nSPS) is 55.7. The smallest absolute Gasteiger partial charge is 0.309 e. The van der Waals surface area contributed by atoms with Gasteiger partial charge in [0.15, 0.2) is 12.6 Å². The summed E-state index contributed by atoms with van der Waals surface area (Å²) in [6, 6.07) is 0. The Labute approximate surface area is 244 Å². The quantitative estimate of drug-likeness (QED) is 0.349. The number of esters is 1. The van der Waals surface area contributed by atoms with Gasteiger partial charge in [0.1, 0.15) is 37.3 Å². The van der Waals surface area contributed by atoms with Crippen LogP contribution in [0.3, 0.4) is 0 Å². The summed E-state index contributed by atoms with van der Waals surface area (Å²) in [4.78, 5) is 13.5. The Hall–Kier alpha value is -0.970. The molecule has 238 valence electrons. The lowest BCUT2D eigenvalue weighted by Crippen LogP contribution is -2.65. The third kappa shape index (κ3) is 4.93. The standard InChI is InChI=1S/C29H44O13/c1-11-36-9-20-27(40-11)24(31)25(32)29(41-20)42-26-14-7-17-16(38-10-39-17)6-13(14)21(22-15(26)8-37-28(22)33)12-4-18(34-2)23(30)19(5-12)35-3/h11-27,29-32H,4-10H2,1-3H3/t11-,12?,13?,14?,15+,16?,17?,18?,19?,20-,21-,22+,23?,24-,25-,26-,27-,29+/m1/s1. The molecule has 7 fully saturated rings. The molecule has 7 aliphatic rings. The van der Waals surface area contributed by atoms with Crippen molar-refractivity contribution in [3.8, 4) is 0 Å². The predicted octanol–water partition coefficient (Wildman–Crippen LogP) is -0.433. The molecule has 0 aromatic rings. The van der Waals surface area contributed by atoms with Crippen LogP contribution in [-0.4, -0.2) is 129 Å². The molecular formula is C29H44O13. The topological polar surface area (TPSA) is 161 Å². The number of rotatable bonds is 5. The minimum absolute atomic E-state index is 0.0145. The molecule has 6 unspecified atom stereocenters. The maximum atomic E-state index is 13.5. The maximum Gasteiger partial charge on any atom is 0.309 e. The maximum absolute atomic E-state index is 13.5. The molecule has 3 aliphatic carbocycles. The second-order valence-electron chi connectivity index (χ2n) is 13.1. The Kier molecular flexibility index (Phi) is 8.32. The number of carbonyl (C=O) groups excluding carboxylic acids is 1. The van der Waals surface area contributed by atoms with Crippen molar-refractivity contribution < 1.29 is 62.7 Å². The first-order valence-electron chi connectivity index (χ1n) is 15.4. The summed E-state index contributed by atoms with van der Waals surface area (Å²) in [6.45, 7) is 2.35. The molecule has 3 N–H and O–H groups in total. The van der Waals surface area contributed by atoms with Gasteiger partial charge in [-0.3, -0.25) is 4.79 Å². The number of methoxy groups -OCH3 is 2. The van der Waals surface area contributed by atoms with Crippen LogP contribution in [0.15, 0.2) is 0 Å². The van der Waals surface area contributed by atoms with Crippen molar-refractivity contribution >= 4 is 5.97 Å². The summed E-state index contributed by atoms with van der Waals surface area (Å²) < 4.78 is 53.1. The number of cyclic esters (lactones) is 1. The highest BCUT2D eigenvalue weighted by molar-refractivity contribution is 5.75. The molecule has 0 amide bonds. The number of carbonyl (C=O) groups is 1. The van der Waals surface area contributed by atoms with Crippen LogP contribution >= 0.6 is 0 Å². The number of ether oxygens (including phenoxy) is 9. The van der Waals surface area contributed by atoms with Crippen molar-refractivity contribution in [3.63, 3.8) is 0 Å². The second kappa shape index (κ2) is 11.8. The average molecular weight is 601 g/mol. The van der Waals surface area contributed by atoms with Crippen LogP contribution in [-0.2, 0) is 47.4 Å². The number of aliphatic hydroxyl groups is 3. The minimum atomic E-state index is -1.35. The fourth-order valence-corrected chi connectivity index (χ4v) is 9.26. The largest absolute Gasteiger partial charge is 0.465 e. The number of hydrogen-bond donors (Lipinski definition) is 3. The molecule has 16 atom stereocenters. The summed E-state index contributed by atoms with van der Waals surface area (Å²) in [5.41, 5.74) is 0. The number of aliphatic hydroxyl groups excluding tert-OH is 3. The van der Waals surface area contributed by atoms with E-state index in [-0.39, 0.29) is 67.8 Å². The van der Waals surface area contributed by atoms with E-state index in [1.54, 1.807) is 21.1 Å². The molecule has 13 heteroatoms. The van der Waals surface area contributed by atoms with E-state index in [4.69, 9.17) is 42.6 Å². The van der Waals surface area contributed by atoms with E-state index in [1.165, 1.54) is 0 Å². The zero-order chi connectivity index (χ0) is 29.3. The third-order valence-electron chi connectivity index (χ3n) is 11.2. The third-order valence-corrected chi connectivity index (χ3v) is 11.2. The van der Waals surface area contributed by atoms with Crippen molar-refractivity contribution in [3.05, 3.63) is 0 Å². The molecular weight excluding hydrogens is 556 g/mol. The molecule has 4 saturated heterocycles. The molecule has 42 heavy (non-hydrogen) atoms. The monoisotopic (exact) mass is 600 g/mol. The first-order chi connectivity index (χ1) is 20.3. The first-order valence-corrected chi connectivity index (χ1v) is 15.4. The summed E-state index contributed by atoms with van der Waals surface area (Å²) in [5, 5.41) is 32.9. The molecule has 0 radical (unpaired) electrons. The molecule has 0 aromatic heterocycles. The van der Waals surface area contributed by atoms with Gasteiger partial charge in [0.25, 0.3) is 0 Å². The molecule has 13 nitrogen and oxygen atoms in total. The van der Waals surface area contributed by atoms with Gasteiger partial charge in [-0.05, 0) is 56.3 Å². The van der Waals surface area contributed by atoms with Gasteiger partial charge in [-0.25, -0.2) is 0 Å². The summed E-state index contributed by atoms with van der Waals surface area (Å²) in [7, 11) is 3.19. The molecule has 4 heterocycles. The zero-order valence-corrected chi connectivity index (χ0v) is 24.3. The van der Waals surface area contributed by atoms with Gasteiger partial charge in [0.2, 0.25) is 0 Å². The Morgan fingerprint density at radius 1 is 0.762 bits per heavy atom. The van der Waals surface area contributed by atoms with Gasteiger partial charge >= 0.3 is 5.97 Å². The van der Waals surface area contributed by atoms with Crippen molar-refractivity contribution in [2.75, 3.05) is 34.2 Å². The first kappa shape index (κ1) is 29.7. The van der Waals surface area contributed by atoms with Gasteiger partial charge in [0, 0.05) is 20.1 Å². The number of fused-ring (bicyclic) bond motifs is 4. The van der Waals surface area contributed by atoms with E-state index in [0.29, 0.717) is 25.7 Å². The second-order valence-corrected chi connectivity index (χ2v) is 13.1. The van der Waals surface area contributed by atoms with E-state index in [1.807, 2.05) is 0 Å². The van der Waals surface area contributed by atoms with Gasteiger partial charge in [-0.2, -0.15) is 0 Å². The summed E-state index contributed by atoms with van der Waals surface area (Å²) >= 11 is 0. The number of hydrogen-bond acceptors (Lipinski definition) is 13. The van der Waals surface area contributed by atoms with Gasteiger partial charge in [-0.1, -0.05) is 0 Å². The highest BCUT2D eigenvalue weighted by Gasteiger charge is 2.63. The van der Waals surface area contributed by atoms with E-state index < -0.39 is 67.3 Å². The van der Waals surface area contributed by atoms with Crippen LogP contribution in [0.25, 0.3) is 0 Å². The van der Waals surface area contributed by atoms with Crippen LogP contribution in [0.5, 0.6) is 0 Å². The van der Waals surface area contributed by atoms with Crippen LogP contribution in [0.4, 0.5) is 0 Å². The zero-order valence-electron chi connectivity index (χ0n) is 24.3. The van der Waals surface area contributed by atoms with E-state index in [0.717, 1.165) is 0 Å². The van der Waals surface area contributed by atoms with Crippen LogP contribution in [0, 0.1) is 35.5 Å². The Bertz CT molecular complexity index is 967. The SMILES string of the molecule is COC1CC([C@@H]2C3CC4OCOC4CC3[C@@H](O[C@@H]3O[C@@H]4CO[C@@H](C)O[C@H]4[C@H](O)[C@H]3O)[C@H]3COC(=O)[C@H]23)CC(OC)C1O. The highest BCUT2D eigenvalue weighted by atomic mass is 16.8. The van der Waals surface area contributed by atoms with E-state index >= 15 is 0 Å². The average Bonchev–Trinajstić information content (AvgIpc) is 3.61. The lowest BCUT2D eigenvalue weighted by atomic mass is 9.52. The summed E-state index contributed by atoms with van der Waals surface area (Å²) in [5.74, 6) is -1.08. The molecule has 4 aliphatic heterocycles. The molecule has 0 aromatic carbocycles.